The van der Waals surface area contributed by atoms with Gasteiger partial charge in [-0.1, -0.05) is 58.9 Å². The van der Waals surface area contributed by atoms with Gasteiger partial charge in [0, 0.05) is 0 Å². The molecule has 1 aromatic carbocycles. The van der Waals surface area contributed by atoms with Crippen molar-refractivity contribution in [2.75, 3.05) is 13.2 Å². The molecule has 0 heterocycles. The van der Waals surface area contributed by atoms with Crippen LogP contribution in [0.15, 0.2) is 24.3 Å². The summed E-state index contributed by atoms with van der Waals surface area (Å²) in [5, 5.41) is 0.264. The lowest BCUT2D eigenvalue weighted by molar-refractivity contribution is 0.0845. The van der Waals surface area contributed by atoms with Crippen molar-refractivity contribution in [3.8, 4) is 0 Å². The van der Waals surface area contributed by atoms with Crippen LogP contribution in [-0.2, 0) is 15.8 Å². The van der Waals surface area contributed by atoms with Gasteiger partial charge in [-0.15, -0.1) is 0 Å². The summed E-state index contributed by atoms with van der Waals surface area (Å²) >= 11 is 0. The average molecular weight is 309 g/mol. The van der Waals surface area contributed by atoms with E-state index < -0.39 is 8.32 Å². The Labute approximate surface area is 132 Å². The number of hydrogen-bond donors (Lipinski definition) is 0. The number of rotatable bonds is 7. The van der Waals surface area contributed by atoms with E-state index in [1.54, 1.807) is 0 Å². The predicted octanol–water partition coefficient (Wildman–Crippen LogP) is 5.35. The van der Waals surface area contributed by atoms with Crippen molar-refractivity contribution in [3.63, 3.8) is 0 Å². The zero-order valence-electron chi connectivity index (χ0n) is 14.8. The third-order valence-electron chi connectivity index (χ3n) is 4.41. The maximum absolute atomic E-state index is 6.10. The van der Waals surface area contributed by atoms with Gasteiger partial charge in [0.05, 0.1) is 19.8 Å². The molecule has 0 saturated heterocycles. The van der Waals surface area contributed by atoms with Crippen LogP contribution in [0.5, 0.6) is 0 Å². The van der Waals surface area contributed by atoms with E-state index in [1.165, 1.54) is 11.1 Å². The van der Waals surface area contributed by atoms with Crippen LogP contribution in [0.2, 0.25) is 18.1 Å². The van der Waals surface area contributed by atoms with E-state index >= 15 is 0 Å². The summed E-state index contributed by atoms with van der Waals surface area (Å²) in [5.74, 6) is 0.581. The molecule has 0 saturated carbocycles. The molecular weight excluding hydrogens is 276 g/mol. The monoisotopic (exact) mass is 308 g/mol. The zero-order valence-corrected chi connectivity index (χ0v) is 15.8. The van der Waals surface area contributed by atoms with Crippen molar-refractivity contribution in [3.05, 3.63) is 35.4 Å². The van der Waals surface area contributed by atoms with Gasteiger partial charge in [0.15, 0.2) is 8.32 Å². The number of ether oxygens (including phenoxy) is 1. The van der Waals surface area contributed by atoms with E-state index in [4.69, 9.17) is 9.16 Å². The molecule has 0 unspecified atom stereocenters. The first-order valence-corrected chi connectivity index (χ1v) is 10.8. The van der Waals surface area contributed by atoms with Crippen LogP contribution in [0.1, 0.15) is 51.7 Å². The predicted molar refractivity (Wildman–Crippen MR) is 93.3 cm³/mol. The quantitative estimate of drug-likeness (QED) is 0.499. The second-order valence-corrected chi connectivity index (χ2v) is 12.4. The lowest BCUT2D eigenvalue weighted by Crippen LogP contribution is -2.41. The van der Waals surface area contributed by atoms with Gasteiger partial charge >= 0.3 is 0 Å². The standard InChI is InChI=1S/C18H32O2Si/c1-15(2)17-10-8-16(9-11-17)14-19-12-13-20-21(6,7)18(3,4)5/h8-11,15H,12-14H2,1-7H3. The maximum Gasteiger partial charge on any atom is 0.192 e. The van der Waals surface area contributed by atoms with Crippen molar-refractivity contribution in [1.29, 1.82) is 0 Å². The molecule has 2 nitrogen and oxygen atoms in total. The lowest BCUT2D eigenvalue weighted by Gasteiger charge is -2.36. The van der Waals surface area contributed by atoms with Gasteiger partial charge in [0.2, 0.25) is 0 Å². The molecule has 21 heavy (non-hydrogen) atoms. The molecule has 0 atom stereocenters. The minimum atomic E-state index is -1.63. The van der Waals surface area contributed by atoms with E-state index in [9.17, 15) is 0 Å². The summed E-state index contributed by atoms with van der Waals surface area (Å²) in [6, 6.07) is 8.69. The topological polar surface area (TPSA) is 18.5 Å². The van der Waals surface area contributed by atoms with Gasteiger partial charge in [-0.3, -0.25) is 0 Å². The summed E-state index contributed by atoms with van der Waals surface area (Å²) in [7, 11) is -1.63. The average Bonchev–Trinajstić information content (AvgIpc) is 2.37. The molecule has 3 heteroatoms. The van der Waals surface area contributed by atoms with Gasteiger partial charge in [-0.2, -0.15) is 0 Å². The second kappa shape index (κ2) is 7.57. The van der Waals surface area contributed by atoms with Crippen LogP contribution < -0.4 is 0 Å². The molecule has 0 aromatic heterocycles. The Hall–Kier alpha value is -0.643. The molecule has 0 N–H and O–H groups in total. The van der Waals surface area contributed by atoms with Gasteiger partial charge < -0.3 is 9.16 Å². The van der Waals surface area contributed by atoms with Crippen LogP contribution in [0.4, 0.5) is 0 Å². The zero-order chi connectivity index (χ0) is 16.1. The summed E-state index contributed by atoms with van der Waals surface area (Å²) in [6.45, 7) is 17.8. The molecule has 0 fully saturated rings. The molecular formula is C18H32O2Si. The fourth-order valence-corrected chi connectivity index (χ4v) is 2.79. The Morgan fingerprint density at radius 1 is 1.00 bits per heavy atom. The highest BCUT2D eigenvalue weighted by Gasteiger charge is 2.36. The number of benzene rings is 1. The molecule has 1 aromatic rings. The van der Waals surface area contributed by atoms with Crippen molar-refractivity contribution in [1.82, 2.24) is 0 Å². The minimum Gasteiger partial charge on any atom is -0.414 e. The molecule has 0 spiro atoms. The first-order valence-electron chi connectivity index (χ1n) is 7.94. The van der Waals surface area contributed by atoms with Crippen LogP contribution >= 0.6 is 0 Å². The van der Waals surface area contributed by atoms with Crippen molar-refractivity contribution >= 4 is 8.32 Å². The Kier molecular flexibility index (Phi) is 6.63. The Morgan fingerprint density at radius 3 is 2.05 bits per heavy atom. The lowest BCUT2D eigenvalue weighted by atomic mass is 10.0. The first kappa shape index (κ1) is 18.4. The molecule has 1 rings (SSSR count). The van der Waals surface area contributed by atoms with Crippen molar-refractivity contribution < 1.29 is 9.16 Å². The molecule has 0 aliphatic rings. The maximum atomic E-state index is 6.10. The first-order chi connectivity index (χ1) is 9.63. The highest BCUT2D eigenvalue weighted by atomic mass is 28.4. The second-order valence-electron chi connectivity index (χ2n) is 7.56. The fraction of sp³-hybridized carbons (Fsp3) is 0.667. The Bertz CT molecular complexity index is 416. The van der Waals surface area contributed by atoms with Gasteiger partial charge in [0.25, 0.3) is 0 Å². The summed E-state index contributed by atoms with van der Waals surface area (Å²) in [5.41, 5.74) is 2.60. The highest BCUT2D eigenvalue weighted by Crippen LogP contribution is 2.36. The van der Waals surface area contributed by atoms with E-state index in [-0.39, 0.29) is 5.04 Å². The fourth-order valence-electron chi connectivity index (χ4n) is 1.76. The molecule has 0 radical (unpaired) electrons. The molecule has 0 aliphatic heterocycles. The third-order valence-corrected chi connectivity index (χ3v) is 8.95. The van der Waals surface area contributed by atoms with Crippen LogP contribution in [-0.4, -0.2) is 21.5 Å². The van der Waals surface area contributed by atoms with E-state index in [0.29, 0.717) is 25.7 Å². The van der Waals surface area contributed by atoms with E-state index in [0.717, 1.165) is 0 Å². The van der Waals surface area contributed by atoms with Crippen molar-refractivity contribution in [2.45, 2.75) is 65.3 Å². The summed E-state index contributed by atoms with van der Waals surface area (Å²) in [4.78, 5) is 0. The Morgan fingerprint density at radius 2 is 1.57 bits per heavy atom. The van der Waals surface area contributed by atoms with Crippen LogP contribution in [0.25, 0.3) is 0 Å². The van der Waals surface area contributed by atoms with Crippen molar-refractivity contribution in [2.24, 2.45) is 0 Å². The Balaban J connectivity index is 2.29. The summed E-state index contributed by atoms with van der Waals surface area (Å²) < 4.78 is 11.8. The molecule has 0 amide bonds. The van der Waals surface area contributed by atoms with Gasteiger partial charge in [0.1, 0.15) is 0 Å². The number of hydrogen-bond acceptors (Lipinski definition) is 2. The van der Waals surface area contributed by atoms with Gasteiger partial charge in [-0.05, 0) is 35.2 Å². The minimum absolute atomic E-state index is 0.264. The normalized spacial score (nSPS) is 13.0. The smallest absolute Gasteiger partial charge is 0.192 e. The van der Waals surface area contributed by atoms with E-state index in [1.807, 2.05) is 0 Å². The highest BCUT2D eigenvalue weighted by molar-refractivity contribution is 6.74. The molecule has 0 aliphatic carbocycles. The molecule has 120 valence electrons. The summed E-state index contributed by atoms with van der Waals surface area (Å²) in [6.07, 6.45) is 0. The van der Waals surface area contributed by atoms with E-state index in [2.05, 4.69) is 72.0 Å². The van der Waals surface area contributed by atoms with Gasteiger partial charge in [-0.25, -0.2) is 0 Å². The SMILES string of the molecule is CC(C)c1ccc(COCCO[Si](C)(C)C(C)(C)C)cc1. The van der Waals surface area contributed by atoms with Crippen LogP contribution in [0.3, 0.4) is 0 Å². The third kappa shape index (κ3) is 5.93. The molecule has 0 bridgehead atoms. The van der Waals surface area contributed by atoms with Crippen LogP contribution in [0, 0.1) is 0 Å². The largest absolute Gasteiger partial charge is 0.414 e.